The van der Waals surface area contributed by atoms with Crippen LogP contribution in [0.15, 0.2) is 24.3 Å². The van der Waals surface area contributed by atoms with Gasteiger partial charge in [0.2, 0.25) is 0 Å². The molecule has 1 aromatic carbocycles. The number of benzene rings is 1. The summed E-state index contributed by atoms with van der Waals surface area (Å²) in [6.45, 7) is 6.02. The topological polar surface area (TPSA) is 75.9 Å². The molecule has 5 nitrogen and oxygen atoms in total. The minimum Gasteiger partial charge on any atom is -0.340 e. The van der Waals surface area contributed by atoms with Crippen LogP contribution in [0.1, 0.15) is 31.2 Å². The first-order valence-electron chi connectivity index (χ1n) is 6.39. The van der Waals surface area contributed by atoms with Gasteiger partial charge >= 0.3 is 0 Å². The molecule has 1 aromatic heterocycles. The van der Waals surface area contributed by atoms with Gasteiger partial charge in [0.05, 0.1) is 0 Å². The van der Waals surface area contributed by atoms with Gasteiger partial charge in [-0.25, -0.2) is 15.8 Å². The molecule has 0 aliphatic carbocycles. The zero-order valence-electron chi connectivity index (χ0n) is 11.7. The Morgan fingerprint density at radius 3 is 2.55 bits per heavy atom. The largest absolute Gasteiger partial charge is 0.340 e. The number of nitrogens with one attached hydrogen (secondary N) is 2. The molecule has 4 N–H and O–H groups in total. The minimum absolute atomic E-state index is 0.212. The van der Waals surface area contributed by atoms with Crippen molar-refractivity contribution in [3.63, 3.8) is 0 Å². The molecule has 0 atom stereocenters. The van der Waals surface area contributed by atoms with Crippen molar-refractivity contribution in [2.24, 2.45) is 5.84 Å². The second-order valence-corrected chi connectivity index (χ2v) is 5.24. The summed E-state index contributed by atoms with van der Waals surface area (Å²) in [5, 5.41) is 3.97. The number of hydrogen-bond donors (Lipinski definition) is 3. The van der Waals surface area contributed by atoms with Gasteiger partial charge in [0.15, 0.2) is 0 Å². The molecule has 0 unspecified atom stereocenters. The highest BCUT2D eigenvalue weighted by molar-refractivity contribution is 6.31. The Kier molecular flexibility index (Phi) is 4.42. The molecule has 0 aliphatic heterocycles. The van der Waals surface area contributed by atoms with Crippen molar-refractivity contribution in [3.05, 3.63) is 40.7 Å². The van der Waals surface area contributed by atoms with E-state index >= 15 is 0 Å². The van der Waals surface area contributed by atoms with Crippen LogP contribution < -0.4 is 16.6 Å². The Morgan fingerprint density at radius 1 is 1.20 bits per heavy atom. The zero-order chi connectivity index (χ0) is 14.7. The van der Waals surface area contributed by atoms with Gasteiger partial charge in [0.25, 0.3) is 0 Å². The van der Waals surface area contributed by atoms with Crippen molar-refractivity contribution < 1.29 is 0 Å². The zero-order valence-corrected chi connectivity index (χ0v) is 12.5. The summed E-state index contributed by atoms with van der Waals surface area (Å²) in [5.74, 6) is 7.64. The Morgan fingerprint density at radius 2 is 1.90 bits per heavy atom. The Bertz CT molecular complexity index is 613. The first-order valence-corrected chi connectivity index (χ1v) is 6.76. The van der Waals surface area contributed by atoms with Gasteiger partial charge in [-0.05, 0) is 24.6 Å². The predicted octanol–water partition coefficient (Wildman–Crippen LogP) is 3.59. The molecule has 0 saturated heterocycles. The lowest BCUT2D eigenvalue weighted by molar-refractivity contribution is 0.777. The molecular formula is C14H18ClN5. The summed E-state index contributed by atoms with van der Waals surface area (Å²) in [5.41, 5.74) is 4.44. The standard InChI is InChI=1S/C14H18ClN5/c1-8(2)14-18-12(7-13(19-14)20-16)17-11-6-4-5-10(15)9(11)3/h4-8H,16H2,1-3H3,(H2,17,18,19,20). The number of hydrogen-bond acceptors (Lipinski definition) is 5. The molecule has 0 fully saturated rings. The molecule has 0 radical (unpaired) electrons. The number of hydrazine groups is 1. The smallest absolute Gasteiger partial charge is 0.145 e. The molecule has 1 heterocycles. The summed E-state index contributed by atoms with van der Waals surface area (Å²) >= 11 is 6.12. The van der Waals surface area contributed by atoms with Crippen LogP contribution >= 0.6 is 11.6 Å². The summed E-state index contributed by atoms with van der Waals surface area (Å²) < 4.78 is 0. The van der Waals surface area contributed by atoms with Crippen molar-refractivity contribution in [2.45, 2.75) is 26.7 Å². The van der Waals surface area contributed by atoms with Gasteiger partial charge in [0, 0.05) is 22.7 Å². The van der Waals surface area contributed by atoms with Crippen molar-refractivity contribution in [1.29, 1.82) is 0 Å². The fourth-order valence-corrected chi connectivity index (χ4v) is 1.92. The summed E-state index contributed by atoms with van der Waals surface area (Å²) in [7, 11) is 0. The third-order valence-corrected chi connectivity index (χ3v) is 3.35. The molecule has 6 heteroatoms. The van der Waals surface area contributed by atoms with Crippen LogP contribution in [0.25, 0.3) is 0 Å². The normalized spacial score (nSPS) is 10.7. The van der Waals surface area contributed by atoms with Crippen LogP contribution in [-0.2, 0) is 0 Å². The summed E-state index contributed by atoms with van der Waals surface area (Å²) in [4.78, 5) is 8.81. The number of aromatic nitrogens is 2. The highest BCUT2D eigenvalue weighted by atomic mass is 35.5. The second kappa shape index (κ2) is 6.07. The monoisotopic (exact) mass is 291 g/mol. The van der Waals surface area contributed by atoms with Gasteiger partial charge in [-0.2, -0.15) is 0 Å². The van der Waals surface area contributed by atoms with E-state index in [-0.39, 0.29) is 5.92 Å². The first kappa shape index (κ1) is 14.6. The summed E-state index contributed by atoms with van der Waals surface area (Å²) in [6, 6.07) is 7.46. The highest BCUT2D eigenvalue weighted by Gasteiger charge is 2.09. The molecule has 106 valence electrons. The first-order chi connectivity index (χ1) is 9.51. The molecule has 2 rings (SSSR count). The fourth-order valence-electron chi connectivity index (χ4n) is 1.74. The molecule has 20 heavy (non-hydrogen) atoms. The second-order valence-electron chi connectivity index (χ2n) is 4.83. The maximum absolute atomic E-state index is 6.12. The van der Waals surface area contributed by atoms with E-state index in [1.807, 2.05) is 39.0 Å². The average molecular weight is 292 g/mol. The molecule has 0 aliphatic rings. The van der Waals surface area contributed by atoms with Crippen LogP contribution in [0.2, 0.25) is 5.02 Å². The van der Waals surface area contributed by atoms with Gasteiger partial charge in [-0.3, -0.25) is 0 Å². The van der Waals surface area contributed by atoms with E-state index in [9.17, 15) is 0 Å². The van der Waals surface area contributed by atoms with E-state index in [1.54, 1.807) is 6.07 Å². The van der Waals surface area contributed by atoms with E-state index in [4.69, 9.17) is 17.4 Å². The van der Waals surface area contributed by atoms with Crippen LogP contribution in [0.3, 0.4) is 0 Å². The Hall–Kier alpha value is -1.85. The van der Waals surface area contributed by atoms with E-state index in [0.717, 1.165) is 17.1 Å². The van der Waals surface area contributed by atoms with Gasteiger partial charge < -0.3 is 10.7 Å². The highest BCUT2D eigenvalue weighted by Crippen LogP contribution is 2.26. The lowest BCUT2D eigenvalue weighted by atomic mass is 10.2. The number of nitrogens with two attached hydrogens (primary N) is 1. The van der Waals surface area contributed by atoms with E-state index in [2.05, 4.69) is 20.7 Å². The third-order valence-electron chi connectivity index (χ3n) is 2.94. The predicted molar refractivity (Wildman–Crippen MR) is 83.4 cm³/mol. The molecular weight excluding hydrogens is 274 g/mol. The van der Waals surface area contributed by atoms with E-state index in [0.29, 0.717) is 16.7 Å². The number of nitrogen functional groups attached to an aromatic ring is 1. The van der Waals surface area contributed by atoms with Gasteiger partial charge in [-0.1, -0.05) is 31.5 Å². The van der Waals surface area contributed by atoms with Crippen molar-refractivity contribution in [2.75, 3.05) is 10.7 Å². The number of anilines is 3. The maximum atomic E-state index is 6.12. The molecule has 0 amide bonds. The minimum atomic E-state index is 0.212. The Balaban J connectivity index is 2.37. The molecule has 0 saturated carbocycles. The van der Waals surface area contributed by atoms with Gasteiger partial charge in [-0.15, -0.1) is 0 Å². The number of rotatable bonds is 4. The van der Waals surface area contributed by atoms with Crippen molar-refractivity contribution in [3.8, 4) is 0 Å². The third kappa shape index (κ3) is 3.18. The SMILES string of the molecule is Cc1c(Cl)cccc1Nc1cc(NN)nc(C(C)C)n1. The number of halogens is 1. The van der Waals surface area contributed by atoms with E-state index < -0.39 is 0 Å². The van der Waals surface area contributed by atoms with E-state index in [1.165, 1.54) is 0 Å². The van der Waals surface area contributed by atoms with Gasteiger partial charge in [0.1, 0.15) is 17.5 Å². The Labute approximate surface area is 123 Å². The van der Waals surface area contributed by atoms with Crippen LogP contribution in [-0.4, -0.2) is 9.97 Å². The van der Waals surface area contributed by atoms with Crippen LogP contribution in [0.4, 0.5) is 17.3 Å². The lowest BCUT2D eigenvalue weighted by Gasteiger charge is -2.13. The van der Waals surface area contributed by atoms with Crippen molar-refractivity contribution >= 4 is 28.9 Å². The quantitative estimate of drug-likeness (QED) is 0.593. The fraction of sp³-hybridized carbons (Fsp3) is 0.286. The van der Waals surface area contributed by atoms with Crippen LogP contribution in [0, 0.1) is 6.92 Å². The summed E-state index contributed by atoms with van der Waals surface area (Å²) in [6.07, 6.45) is 0. The average Bonchev–Trinajstić information content (AvgIpc) is 2.43. The maximum Gasteiger partial charge on any atom is 0.145 e. The molecule has 0 spiro atoms. The molecule has 2 aromatic rings. The molecule has 0 bridgehead atoms. The van der Waals surface area contributed by atoms with Crippen molar-refractivity contribution in [1.82, 2.24) is 9.97 Å². The lowest BCUT2D eigenvalue weighted by Crippen LogP contribution is -2.12. The van der Waals surface area contributed by atoms with Crippen LogP contribution in [0.5, 0.6) is 0 Å². The number of nitrogens with zero attached hydrogens (tertiary/aromatic N) is 2.